The molecule has 0 saturated carbocycles. The Labute approximate surface area is 284 Å². The van der Waals surface area contributed by atoms with Crippen LogP contribution < -0.4 is 0 Å². The van der Waals surface area contributed by atoms with Gasteiger partial charge in [-0.1, -0.05) is 200 Å². The highest BCUT2D eigenvalue weighted by molar-refractivity contribution is 5.83. The van der Waals surface area contributed by atoms with Crippen LogP contribution in [-0.4, -0.2) is 0 Å². The summed E-state index contributed by atoms with van der Waals surface area (Å²) in [4.78, 5) is 0. The second-order valence-corrected chi connectivity index (χ2v) is 11.9. The van der Waals surface area contributed by atoms with Gasteiger partial charge in [-0.3, -0.25) is 0 Å². The lowest BCUT2D eigenvalue weighted by Gasteiger charge is -2.12. The molecule has 0 aliphatic carbocycles. The standard InChI is InChI=1S/C48H36/c1-4-10-37(11-5-1)16-19-40-22-28-43(29-23-40)46-34-47(44-30-24-41(25-31-44)20-17-38-12-6-2-7-13-38)36-48(35-46)45-32-26-42(27-33-45)21-18-39-14-8-3-9-15-39/h1-36H. The van der Waals surface area contributed by atoms with Gasteiger partial charge >= 0.3 is 0 Å². The van der Waals surface area contributed by atoms with Gasteiger partial charge in [-0.05, 0) is 85.0 Å². The molecule has 0 atom stereocenters. The van der Waals surface area contributed by atoms with E-state index in [2.05, 4.69) is 200 Å². The van der Waals surface area contributed by atoms with Crippen LogP contribution in [0.4, 0.5) is 0 Å². The Hall–Kier alpha value is -6.24. The summed E-state index contributed by atoms with van der Waals surface area (Å²) in [6.45, 7) is 0. The van der Waals surface area contributed by atoms with Crippen LogP contribution in [0.25, 0.3) is 69.8 Å². The molecule has 7 rings (SSSR count). The molecule has 0 saturated heterocycles. The summed E-state index contributed by atoms with van der Waals surface area (Å²) in [5.74, 6) is 0. The van der Waals surface area contributed by atoms with Gasteiger partial charge in [-0.25, -0.2) is 0 Å². The average molecular weight is 613 g/mol. The molecule has 0 aliphatic heterocycles. The van der Waals surface area contributed by atoms with Crippen molar-refractivity contribution in [3.8, 4) is 33.4 Å². The summed E-state index contributed by atoms with van der Waals surface area (Å²) in [6, 6.07) is 64.7. The van der Waals surface area contributed by atoms with Gasteiger partial charge in [0, 0.05) is 0 Å². The van der Waals surface area contributed by atoms with Gasteiger partial charge in [0.1, 0.15) is 0 Å². The SMILES string of the molecule is C(=Cc1ccc(-c2cc(-c3ccc(C=Cc4ccccc4)cc3)cc(-c3ccc(C=Cc4ccccc4)cc3)c2)cc1)c1ccccc1. The summed E-state index contributed by atoms with van der Waals surface area (Å²) in [5, 5.41) is 0. The Balaban J connectivity index is 1.19. The van der Waals surface area contributed by atoms with Crippen LogP contribution in [0.15, 0.2) is 182 Å². The van der Waals surface area contributed by atoms with E-state index in [4.69, 9.17) is 0 Å². The molecular formula is C48H36. The van der Waals surface area contributed by atoms with Crippen molar-refractivity contribution in [2.24, 2.45) is 0 Å². The van der Waals surface area contributed by atoms with Crippen molar-refractivity contribution >= 4 is 36.5 Å². The van der Waals surface area contributed by atoms with E-state index < -0.39 is 0 Å². The lowest BCUT2D eigenvalue weighted by Crippen LogP contribution is -1.87. The van der Waals surface area contributed by atoms with Crippen LogP contribution in [0, 0.1) is 0 Å². The molecule has 0 unspecified atom stereocenters. The zero-order valence-corrected chi connectivity index (χ0v) is 26.8. The van der Waals surface area contributed by atoms with E-state index in [-0.39, 0.29) is 0 Å². The van der Waals surface area contributed by atoms with E-state index in [9.17, 15) is 0 Å². The summed E-state index contributed by atoms with van der Waals surface area (Å²) < 4.78 is 0. The molecule has 0 amide bonds. The van der Waals surface area contributed by atoms with E-state index in [0.29, 0.717) is 0 Å². The Morgan fingerprint density at radius 2 is 0.396 bits per heavy atom. The Bertz CT molecular complexity index is 1880. The van der Waals surface area contributed by atoms with Gasteiger partial charge in [0.25, 0.3) is 0 Å². The molecule has 0 N–H and O–H groups in total. The predicted octanol–water partition coefficient (Wildman–Crippen LogP) is 13.2. The van der Waals surface area contributed by atoms with Crippen molar-refractivity contribution in [1.29, 1.82) is 0 Å². The highest BCUT2D eigenvalue weighted by Crippen LogP contribution is 2.34. The molecule has 0 aromatic heterocycles. The second-order valence-electron chi connectivity index (χ2n) is 11.9. The number of hydrogen-bond donors (Lipinski definition) is 0. The first kappa shape index (κ1) is 30.4. The first-order valence-corrected chi connectivity index (χ1v) is 16.4. The van der Waals surface area contributed by atoms with Crippen LogP contribution in [-0.2, 0) is 0 Å². The van der Waals surface area contributed by atoms with Crippen molar-refractivity contribution in [3.63, 3.8) is 0 Å². The first-order valence-electron chi connectivity index (χ1n) is 16.4. The first-order chi connectivity index (χ1) is 23.7. The van der Waals surface area contributed by atoms with Crippen LogP contribution in [0.5, 0.6) is 0 Å². The van der Waals surface area contributed by atoms with Crippen LogP contribution in [0.3, 0.4) is 0 Å². The summed E-state index contributed by atoms with van der Waals surface area (Å²) in [7, 11) is 0. The number of hydrogen-bond acceptors (Lipinski definition) is 0. The van der Waals surface area contributed by atoms with Crippen molar-refractivity contribution in [3.05, 3.63) is 215 Å². The van der Waals surface area contributed by atoms with Gasteiger partial charge in [0.15, 0.2) is 0 Å². The average Bonchev–Trinajstić information content (AvgIpc) is 3.17. The third kappa shape index (κ3) is 7.94. The highest BCUT2D eigenvalue weighted by atomic mass is 14.1. The van der Waals surface area contributed by atoms with Crippen LogP contribution >= 0.6 is 0 Å². The van der Waals surface area contributed by atoms with Gasteiger partial charge in [-0.15, -0.1) is 0 Å². The van der Waals surface area contributed by atoms with E-state index in [0.717, 1.165) is 0 Å². The molecular weight excluding hydrogens is 577 g/mol. The lowest BCUT2D eigenvalue weighted by molar-refractivity contribution is 1.55. The van der Waals surface area contributed by atoms with E-state index >= 15 is 0 Å². The van der Waals surface area contributed by atoms with Crippen LogP contribution in [0.1, 0.15) is 33.4 Å². The maximum absolute atomic E-state index is 2.31. The minimum absolute atomic E-state index is 1.18. The normalized spacial score (nSPS) is 11.5. The van der Waals surface area contributed by atoms with Crippen molar-refractivity contribution in [2.75, 3.05) is 0 Å². The fourth-order valence-corrected chi connectivity index (χ4v) is 5.76. The maximum atomic E-state index is 2.31. The smallest absolute Gasteiger partial charge is 0.0172 e. The molecule has 228 valence electrons. The fraction of sp³-hybridized carbons (Fsp3) is 0. The zero-order valence-electron chi connectivity index (χ0n) is 26.8. The van der Waals surface area contributed by atoms with Crippen LogP contribution in [0.2, 0.25) is 0 Å². The van der Waals surface area contributed by atoms with Crippen molar-refractivity contribution in [2.45, 2.75) is 0 Å². The van der Waals surface area contributed by atoms with Gasteiger partial charge in [0.2, 0.25) is 0 Å². The van der Waals surface area contributed by atoms with Gasteiger partial charge in [-0.2, -0.15) is 0 Å². The monoisotopic (exact) mass is 612 g/mol. The Morgan fingerprint density at radius 3 is 0.625 bits per heavy atom. The van der Waals surface area contributed by atoms with Crippen molar-refractivity contribution < 1.29 is 0 Å². The summed E-state index contributed by atoms with van der Waals surface area (Å²) in [6.07, 6.45) is 13.0. The largest absolute Gasteiger partial charge is 0.0622 e. The second kappa shape index (κ2) is 14.9. The molecule has 0 aliphatic rings. The molecule has 0 heterocycles. The van der Waals surface area contributed by atoms with E-state index in [1.165, 1.54) is 66.8 Å². The third-order valence-corrected chi connectivity index (χ3v) is 8.47. The minimum atomic E-state index is 1.18. The molecule has 0 fully saturated rings. The molecule has 0 nitrogen and oxygen atoms in total. The predicted molar refractivity (Wildman–Crippen MR) is 209 cm³/mol. The fourth-order valence-electron chi connectivity index (χ4n) is 5.76. The number of benzene rings is 7. The quantitative estimate of drug-likeness (QED) is 0.142. The zero-order chi connectivity index (χ0) is 32.4. The number of rotatable bonds is 9. The van der Waals surface area contributed by atoms with Gasteiger partial charge < -0.3 is 0 Å². The van der Waals surface area contributed by atoms with E-state index in [1.54, 1.807) is 0 Å². The van der Waals surface area contributed by atoms with Gasteiger partial charge in [0.05, 0.1) is 0 Å². The topological polar surface area (TPSA) is 0 Å². The minimum Gasteiger partial charge on any atom is -0.0622 e. The molecule has 0 bridgehead atoms. The summed E-state index contributed by atoms with van der Waals surface area (Å²) in [5.41, 5.74) is 14.3. The maximum Gasteiger partial charge on any atom is -0.0172 e. The highest BCUT2D eigenvalue weighted by Gasteiger charge is 2.08. The van der Waals surface area contributed by atoms with Crippen molar-refractivity contribution in [1.82, 2.24) is 0 Å². The molecule has 0 radical (unpaired) electrons. The lowest BCUT2D eigenvalue weighted by atomic mass is 9.92. The molecule has 0 heteroatoms. The molecule has 7 aromatic rings. The molecule has 7 aromatic carbocycles. The molecule has 48 heavy (non-hydrogen) atoms. The van der Waals surface area contributed by atoms with E-state index in [1.807, 2.05) is 18.2 Å². The Morgan fingerprint density at radius 1 is 0.188 bits per heavy atom. The Kier molecular flexibility index (Phi) is 9.44. The summed E-state index contributed by atoms with van der Waals surface area (Å²) >= 11 is 0. The third-order valence-electron chi connectivity index (χ3n) is 8.47. The molecule has 0 spiro atoms.